The lowest BCUT2D eigenvalue weighted by atomic mass is 10.1. The second-order valence-corrected chi connectivity index (χ2v) is 4.94. The third kappa shape index (κ3) is 3.96. The number of carboxylic acid groups (broad SMARTS) is 1. The molecule has 1 atom stereocenters. The number of carbonyl (C=O) groups is 2. The summed E-state index contributed by atoms with van der Waals surface area (Å²) in [6, 6.07) is 6.46. The number of benzene rings is 1. The molecule has 20 heavy (non-hydrogen) atoms. The van der Waals surface area contributed by atoms with Crippen LogP contribution in [0, 0.1) is 0 Å². The van der Waals surface area contributed by atoms with E-state index in [1.807, 2.05) is 0 Å². The van der Waals surface area contributed by atoms with Crippen LogP contribution in [-0.4, -0.2) is 46.3 Å². The van der Waals surface area contributed by atoms with Crippen molar-refractivity contribution < 1.29 is 19.8 Å². The number of carboxylic acids is 1. The van der Waals surface area contributed by atoms with Gasteiger partial charge in [-0.2, -0.15) is 0 Å². The fraction of sp³-hybridized carbons (Fsp3) is 0.429. The summed E-state index contributed by atoms with van der Waals surface area (Å²) in [4.78, 5) is 24.1. The molecule has 0 saturated carbocycles. The smallest absolute Gasteiger partial charge is 0.321 e. The lowest BCUT2D eigenvalue weighted by molar-refractivity contribution is -0.136. The summed E-state index contributed by atoms with van der Waals surface area (Å²) in [6.45, 7) is 0.989. The molecule has 2 rings (SSSR count). The zero-order chi connectivity index (χ0) is 14.5. The van der Waals surface area contributed by atoms with Gasteiger partial charge in [0.2, 0.25) is 0 Å². The number of aliphatic hydroxyl groups excluding tert-OH is 1. The van der Waals surface area contributed by atoms with E-state index < -0.39 is 12.1 Å². The van der Waals surface area contributed by atoms with Gasteiger partial charge in [0.15, 0.2) is 0 Å². The molecule has 1 fully saturated rings. The van der Waals surface area contributed by atoms with Gasteiger partial charge in [0.05, 0.1) is 12.5 Å². The van der Waals surface area contributed by atoms with Gasteiger partial charge in [0.1, 0.15) is 0 Å². The molecule has 1 aromatic rings. The average Bonchev–Trinajstić information content (AvgIpc) is 2.40. The topological polar surface area (TPSA) is 89.9 Å². The fourth-order valence-corrected chi connectivity index (χ4v) is 2.22. The molecule has 2 amide bonds. The van der Waals surface area contributed by atoms with Crippen LogP contribution in [0.1, 0.15) is 18.4 Å². The highest BCUT2D eigenvalue weighted by Gasteiger charge is 2.21. The number of anilines is 1. The van der Waals surface area contributed by atoms with Crippen LogP contribution < -0.4 is 5.32 Å². The largest absolute Gasteiger partial charge is 0.481 e. The fourth-order valence-electron chi connectivity index (χ4n) is 2.22. The lowest BCUT2D eigenvalue weighted by Gasteiger charge is -2.30. The Hall–Kier alpha value is -2.08. The molecule has 1 saturated heterocycles. The number of hydrogen-bond acceptors (Lipinski definition) is 3. The highest BCUT2D eigenvalue weighted by molar-refractivity contribution is 5.89. The normalized spacial score (nSPS) is 18.6. The summed E-state index contributed by atoms with van der Waals surface area (Å²) in [7, 11) is 0. The number of hydrogen-bond donors (Lipinski definition) is 3. The number of likely N-dealkylation sites (tertiary alicyclic amines) is 1. The Labute approximate surface area is 117 Å². The second-order valence-electron chi connectivity index (χ2n) is 4.94. The number of piperidine rings is 1. The minimum Gasteiger partial charge on any atom is -0.481 e. The number of aliphatic hydroxyl groups is 1. The third-order valence-electron chi connectivity index (χ3n) is 3.24. The van der Waals surface area contributed by atoms with E-state index in [0.717, 1.165) is 12.8 Å². The predicted molar refractivity (Wildman–Crippen MR) is 73.6 cm³/mol. The lowest BCUT2D eigenvalue weighted by Crippen LogP contribution is -2.44. The molecule has 1 aliphatic heterocycles. The third-order valence-corrected chi connectivity index (χ3v) is 3.24. The molecular weight excluding hydrogens is 260 g/mol. The molecule has 0 radical (unpaired) electrons. The maximum Gasteiger partial charge on any atom is 0.321 e. The first-order valence-corrected chi connectivity index (χ1v) is 6.59. The summed E-state index contributed by atoms with van der Waals surface area (Å²) in [5.41, 5.74) is 1.30. The summed E-state index contributed by atoms with van der Waals surface area (Å²) in [5, 5.41) is 21.0. The van der Waals surface area contributed by atoms with Gasteiger partial charge in [0.25, 0.3) is 0 Å². The van der Waals surface area contributed by atoms with Gasteiger partial charge in [0, 0.05) is 18.8 Å². The summed E-state index contributed by atoms with van der Waals surface area (Å²) in [6.07, 6.45) is 1.04. The predicted octanol–water partition coefficient (Wildman–Crippen LogP) is 1.30. The Bertz CT molecular complexity index is 486. The van der Waals surface area contributed by atoms with Crippen LogP contribution in [0.3, 0.4) is 0 Å². The molecular formula is C14H18N2O4. The van der Waals surface area contributed by atoms with Gasteiger partial charge in [-0.05, 0) is 30.5 Å². The van der Waals surface area contributed by atoms with Crippen molar-refractivity contribution in [1.29, 1.82) is 0 Å². The van der Waals surface area contributed by atoms with Crippen LogP contribution in [0.5, 0.6) is 0 Å². The zero-order valence-electron chi connectivity index (χ0n) is 11.1. The van der Waals surface area contributed by atoms with Crippen LogP contribution in [0.25, 0.3) is 0 Å². The molecule has 0 spiro atoms. The Morgan fingerprint density at radius 3 is 2.60 bits per heavy atom. The van der Waals surface area contributed by atoms with Crippen molar-refractivity contribution in [3.05, 3.63) is 29.8 Å². The Morgan fingerprint density at radius 2 is 2.00 bits per heavy atom. The standard InChI is InChI=1S/C14H18N2O4/c17-12-2-1-7-16(9-12)14(20)15-11-5-3-10(4-6-11)8-13(18)19/h3-6,12,17H,1-2,7-9H2,(H,15,20)(H,18,19). The van der Waals surface area contributed by atoms with Gasteiger partial charge in [-0.1, -0.05) is 12.1 Å². The number of nitrogens with one attached hydrogen (secondary N) is 1. The molecule has 6 nitrogen and oxygen atoms in total. The number of nitrogens with zero attached hydrogens (tertiary/aromatic N) is 1. The molecule has 108 valence electrons. The van der Waals surface area contributed by atoms with Crippen molar-refractivity contribution in [2.75, 3.05) is 18.4 Å². The van der Waals surface area contributed by atoms with E-state index in [4.69, 9.17) is 5.11 Å². The van der Waals surface area contributed by atoms with E-state index in [1.165, 1.54) is 0 Å². The number of aliphatic carboxylic acids is 1. The van der Waals surface area contributed by atoms with Crippen LogP contribution in [0.2, 0.25) is 0 Å². The molecule has 1 aliphatic rings. The van der Waals surface area contributed by atoms with Crippen LogP contribution >= 0.6 is 0 Å². The first kappa shape index (κ1) is 14.3. The van der Waals surface area contributed by atoms with Crippen LogP contribution in [-0.2, 0) is 11.2 Å². The number of amides is 2. The van der Waals surface area contributed by atoms with Crippen LogP contribution in [0.4, 0.5) is 10.5 Å². The average molecular weight is 278 g/mol. The molecule has 0 aromatic heterocycles. The van der Waals surface area contributed by atoms with E-state index >= 15 is 0 Å². The zero-order valence-corrected chi connectivity index (χ0v) is 11.1. The van der Waals surface area contributed by atoms with E-state index in [1.54, 1.807) is 29.2 Å². The molecule has 1 unspecified atom stereocenters. The quantitative estimate of drug-likeness (QED) is 0.777. The minimum atomic E-state index is -0.885. The summed E-state index contributed by atoms with van der Waals surface area (Å²) >= 11 is 0. The van der Waals surface area contributed by atoms with Gasteiger partial charge in [-0.15, -0.1) is 0 Å². The van der Waals surface area contributed by atoms with Gasteiger partial charge >= 0.3 is 12.0 Å². The number of rotatable bonds is 3. The minimum absolute atomic E-state index is 0.0352. The van der Waals surface area contributed by atoms with Crippen LogP contribution in [0.15, 0.2) is 24.3 Å². The maximum absolute atomic E-state index is 12.0. The summed E-state index contributed by atoms with van der Waals surface area (Å²) in [5.74, 6) is -0.885. The van der Waals surface area contributed by atoms with Crippen molar-refractivity contribution in [1.82, 2.24) is 4.90 Å². The van der Waals surface area contributed by atoms with E-state index in [9.17, 15) is 14.7 Å². The Balaban J connectivity index is 1.92. The molecule has 1 heterocycles. The second kappa shape index (κ2) is 6.38. The van der Waals surface area contributed by atoms with Gasteiger partial charge in [-0.3, -0.25) is 4.79 Å². The maximum atomic E-state index is 12.0. The highest BCUT2D eigenvalue weighted by atomic mass is 16.4. The SMILES string of the molecule is O=C(O)Cc1ccc(NC(=O)N2CCCC(O)C2)cc1. The van der Waals surface area contributed by atoms with Gasteiger partial charge < -0.3 is 20.4 Å². The molecule has 1 aromatic carbocycles. The molecule has 3 N–H and O–H groups in total. The Kier molecular flexibility index (Phi) is 4.57. The number of carbonyl (C=O) groups excluding carboxylic acids is 1. The number of β-amino-alcohol motifs (C(OH)–C–C–N with tert-alkyl or cyclic N) is 1. The molecule has 0 bridgehead atoms. The van der Waals surface area contributed by atoms with Crippen molar-refractivity contribution in [3.63, 3.8) is 0 Å². The monoisotopic (exact) mass is 278 g/mol. The van der Waals surface area contributed by atoms with Gasteiger partial charge in [-0.25, -0.2) is 4.79 Å². The molecule has 6 heteroatoms. The summed E-state index contributed by atoms with van der Waals surface area (Å²) < 4.78 is 0. The van der Waals surface area contributed by atoms with E-state index in [0.29, 0.717) is 24.3 Å². The molecule has 0 aliphatic carbocycles. The van der Waals surface area contributed by atoms with E-state index in [2.05, 4.69) is 5.32 Å². The first-order chi connectivity index (χ1) is 9.54. The van der Waals surface area contributed by atoms with Crippen molar-refractivity contribution in [2.24, 2.45) is 0 Å². The highest BCUT2D eigenvalue weighted by Crippen LogP contribution is 2.14. The first-order valence-electron chi connectivity index (χ1n) is 6.59. The van der Waals surface area contributed by atoms with Crippen molar-refractivity contribution in [2.45, 2.75) is 25.4 Å². The van der Waals surface area contributed by atoms with E-state index in [-0.39, 0.29) is 12.5 Å². The van der Waals surface area contributed by atoms with Crippen molar-refractivity contribution >= 4 is 17.7 Å². The number of urea groups is 1. The van der Waals surface area contributed by atoms with Crippen molar-refractivity contribution in [3.8, 4) is 0 Å². The Morgan fingerprint density at radius 1 is 1.30 bits per heavy atom.